The van der Waals surface area contributed by atoms with Gasteiger partial charge in [0.1, 0.15) is 5.75 Å². The van der Waals surface area contributed by atoms with Crippen molar-refractivity contribution in [2.45, 2.75) is 25.3 Å². The zero-order valence-electron chi connectivity index (χ0n) is 10.3. The van der Waals surface area contributed by atoms with E-state index in [9.17, 15) is 0 Å². The van der Waals surface area contributed by atoms with Crippen LogP contribution in [0.25, 0.3) is 0 Å². The molecule has 3 rings (SSSR count). The Hall–Kier alpha value is -1.74. The SMILES string of the molecule is NC(CCc1ccc2c(c1)CCO2)c1ccoc1. The fraction of sp³-hybridized carbons (Fsp3) is 0.333. The summed E-state index contributed by atoms with van der Waals surface area (Å²) in [4.78, 5) is 0. The predicted octanol–water partition coefficient (Wildman–Crippen LogP) is 2.85. The van der Waals surface area contributed by atoms with E-state index in [2.05, 4.69) is 18.2 Å². The summed E-state index contributed by atoms with van der Waals surface area (Å²) in [7, 11) is 0. The predicted molar refractivity (Wildman–Crippen MR) is 69.6 cm³/mol. The van der Waals surface area contributed by atoms with Crippen molar-refractivity contribution < 1.29 is 9.15 Å². The quantitative estimate of drug-likeness (QED) is 0.898. The summed E-state index contributed by atoms with van der Waals surface area (Å²) < 4.78 is 10.6. The molecule has 1 aliphatic rings. The molecule has 3 heteroatoms. The van der Waals surface area contributed by atoms with Gasteiger partial charge in [-0.3, -0.25) is 0 Å². The van der Waals surface area contributed by atoms with Gasteiger partial charge in [-0.2, -0.15) is 0 Å². The summed E-state index contributed by atoms with van der Waals surface area (Å²) in [6.45, 7) is 0.813. The molecule has 1 unspecified atom stereocenters. The molecule has 1 aromatic heterocycles. The van der Waals surface area contributed by atoms with Crippen LogP contribution < -0.4 is 10.5 Å². The van der Waals surface area contributed by atoms with Crippen LogP contribution in [0.3, 0.4) is 0 Å². The van der Waals surface area contributed by atoms with Crippen molar-refractivity contribution in [3.8, 4) is 5.75 Å². The zero-order chi connectivity index (χ0) is 12.4. The maximum Gasteiger partial charge on any atom is 0.122 e. The summed E-state index contributed by atoms with van der Waals surface area (Å²) in [6.07, 6.45) is 6.33. The minimum absolute atomic E-state index is 0.0493. The van der Waals surface area contributed by atoms with Gasteiger partial charge in [0.2, 0.25) is 0 Å². The third-order valence-corrected chi connectivity index (χ3v) is 3.47. The average molecular weight is 243 g/mol. The van der Waals surface area contributed by atoms with Gasteiger partial charge in [-0.25, -0.2) is 0 Å². The highest BCUT2D eigenvalue weighted by Crippen LogP contribution is 2.27. The molecule has 94 valence electrons. The maximum absolute atomic E-state index is 6.12. The van der Waals surface area contributed by atoms with Gasteiger partial charge in [-0.1, -0.05) is 12.1 Å². The molecule has 3 nitrogen and oxygen atoms in total. The molecule has 2 heterocycles. The number of ether oxygens (including phenoxy) is 1. The molecule has 0 fully saturated rings. The largest absolute Gasteiger partial charge is 0.493 e. The minimum atomic E-state index is 0.0493. The topological polar surface area (TPSA) is 48.4 Å². The standard InChI is InChI=1S/C15H17NO2/c16-14(13-5-7-17-10-13)3-1-11-2-4-15-12(9-11)6-8-18-15/h2,4-5,7,9-10,14H,1,3,6,8,16H2. The van der Waals surface area contributed by atoms with Gasteiger partial charge in [-0.15, -0.1) is 0 Å². The normalized spacial score (nSPS) is 15.2. The first-order valence-corrected chi connectivity index (χ1v) is 6.35. The fourth-order valence-electron chi connectivity index (χ4n) is 2.37. The summed E-state index contributed by atoms with van der Waals surface area (Å²) >= 11 is 0. The second-order valence-corrected chi connectivity index (χ2v) is 4.74. The number of aryl methyl sites for hydroxylation is 1. The number of fused-ring (bicyclic) bond motifs is 1. The fourth-order valence-corrected chi connectivity index (χ4v) is 2.37. The zero-order valence-corrected chi connectivity index (χ0v) is 10.3. The van der Waals surface area contributed by atoms with E-state index >= 15 is 0 Å². The lowest BCUT2D eigenvalue weighted by Crippen LogP contribution is -2.10. The first-order valence-electron chi connectivity index (χ1n) is 6.35. The molecule has 2 N–H and O–H groups in total. The molecule has 1 aromatic carbocycles. The Balaban J connectivity index is 1.63. The van der Waals surface area contributed by atoms with Gasteiger partial charge >= 0.3 is 0 Å². The maximum atomic E-state index is 6.12. The minimum Gasteiger partial charge on any atom is -0.493 e. The Kier molecular flexibility index (Phi) is 3.07. The lowest BCUT2D eigenvalue weighted by molar-refractivity contribution is 0.357. The van der Waals surface area contributed by atoms with E-state index in [4.69, 9.17) is 14.9 Å². The van der Waals surface area contributed by atoms with Crippen molar-refractivity contribution in [3.05, 3.63) is 53.5 Å². The molecule has 0 saturated heterocycles. The lowest BCUT2D eigenvalue weighted by Gasteiger charge is -2.09. The van der Waals surface area contributed by atoms with Crippen LogP contribution in [-0.4, -0.2) is 6.61 Å². The molecular weight excluding hydrogens is 226 g/mol. The highest BCUT2D eigenvalue weighted by Gasteiger charge is 2.13. The molecule has 0 radical (unpaired) electrons. The van der Waals surface area contributed by atoms with E-state index in [-0.39, 0.29) is 6.04 Å². The Bertz CT molecular complexity index is 519. The second-order valence-electron chi connectivity index (χ2n) is 4.74. The first kappa shape index (κ1) is 11.4. The molecule has 0 bridgehead atoms. The van der Waals surface area contributed by atoms with Gasteiger partial charge in [0, 0.05) is 18.0 Å². The van der Waals surface area contributed by atoms with E-state index in [1.54, 1.807) is 12.5 Å². The van der Waals surface area contributed by atoms with Crippen LogP contribution in [0.5, 0.6) is 5.75 Å². The summed E-state index contributed by atoms with van der Waals surface area (Å²) in [5.74, 6) is 1.04. The van der Waals surface area contributed by atoms with Crippen molar-refractivity contribution in [1.82, 2.24) is 0 Å². The van der Waals surface area contributed by atoms with E-state index in [0.29, 0.717) is 0 Å². The van der Waals surface area contributed by atoms with Crippen molar-refractivity contribution >= 4 is 0 Å². The third kappa shape index (κ3) is 2.27. The number of nitrogens with two attached hydrogens (primary N) is 1. The van der Waals surface area contributed by atoms with Crippen LogP contribution in [0.4, 0.5) is 0 Å². The summed E-state index contributed by atoms with van der Waals surface area (Å²) in [5.41, 5.74) is 9.84. The number of furan rings is 1. The van der Waals surface area contributed by atoms with Gasteiger partial charge in [0.05, 0.1) is 19.1 Å². The monoisotopic (exact) mass is 243 g/mol. The highest BCUT2D eigenvalue weighted by molar-refractivity contribution is 5.39. The van der Waals surface area contributed by atoms with Crippen LogP contribution in [-0.2, 0) is 12.8 Å². The number of hydrogen-bond acceptors (Lipinski definition) is 3. The number of benzene rings is 1. The Morgan fingerprint density at radius 1 is 1.28 bits per heavy atom. The van der Waals surface area contributed by atoms with Crippen LogP contribution in [0.15, 0.2) is 41.2 Å². The molecule has 0 amide bonds. The Morgan fingerprint density at radius 3 is 3.06 bits per heavy atom. The van der Waals surface area contributed by atoms with Gasteiger partial charge in [0.25, 0.3) is 0 Å². The smallest absolute Gasteiger partial charge is 0.122 e. The van der Waals surface area contributed by atoms with Crippen LogP contribution in [0.2, 0.25) is 0 Å². The third-order valence-electron chi connectivity index (χ3n) is 3.47. The van der Waals surface area contributed by atoms with Crippen molar-refractivity contribution in [2.24, 2.45) is 5.73 Å². The molecule has 0 aliphatic carbocycles. The Labute approximate surface area is 107 Å². The number of hydrogen-bond donors (Lipinski definition) is 1. The molecule has 1 atom stereocenters. The average Bonchev–Trinajstić information content (AvgIpc) is 3.05. The molecule has 2 aromatic rings. The van der Waals surface area contributed by atoms with Gasteiger partial charge in [0.15, 0.2) is 0 Å². The van der Waals surface area contributed by atoms with Gasteiger partial charge < -0.3 is 14.9 Å². The van der Waals surface area contributed by atoms with E-state index in [1.807, 2.05) is 6.07 Å². The van der Waals surface area contributed by atoms with Crippen molar-refractivity contribution in [3.63, 3.8) is 0 Å². The first-order chi connectivity index (χ1) is 8.83. The molecule has 1 aliphatic heterocycles. The molecule has 0 saturated carbocycles. The molecule has 18 heavy (non-hydrogen) atoms. The van der Waals surface area contributed by atoms with E-state index < -0.39 is 0 Å². The van der Waals surface area contributed by atoms with Crippen molar-refractivity contribution in [2.75, 3.05) is 6.61 Å². The van der Waals surface area contributed by atoms with Crippen LogP contribution >= 0.6 is 0 Å². The highest BCUT2D eigenvalue weighted by atomic mass is 16.5. The van der Waals surface area contributed by atoms with Gasteiger partial charge in [-0.05, 0) is 36.1 Å². The second kappa shape index (κ2) is 4.86. The van der Waals surface area contributed by atoms with E-state index in [1.165, 1.54) is 11.1 Å². The van der Waals surface area contributed by atoms with Crippen LogP contribution in [0.1, 0.15) is 29.2 Å². The summed E-state index contributed by atoms with van der Waals surface area (Å²) in [6, 6.07) is 8.42. The van der Waals surface area contributed by atoms with Crippen LogP contribution in [0, 0.1) is 0 Å². The Morgan fingerprint density at radius 2 is 2.22 bits per heavy atom. The lowest BCUT2D eigenvalue weighted by atomic mass is 10.00. The number of rotatable bonds is 4. The molecular formula is C15H17NO2. The van der Waals surface area contributed by atoms with E-state index in [0.717, 1.165) is 37.2 Å². The summed E-state index contributed by atoms with van der Waals surface area (Å²) in [5, 5.41) is 0. The molecule has 0 spiro atoms. The van der Waals surface area contributed by atoms with Crippen molar-refractivity contribution in [1.29, 1.82) is 0 Å².